The highest BCUT2D eigenvalue weighted by atomic mass is 16.5. The Morgan fingerprint density at radius 3 is 2.46 bits per heavy atom. The largest absolute Gasteiger partial charge is 0.497 e. The Morgan fingerprint density at radius 2 is 1.79 bits per heavy atom. The molecule has 7 nitrogen and oxygen atoms in total. The number of fused-ring (bicyclic) bond motifs is 1. The van der Waals surface area contributed by atoms with Gasteiger partial charge in [-0.1, -0.05) is 12.1 Å². The molecule has 3 rings (SSSR count). The zero-order valence-electron chi connectivity index (χ0n) is 16.0. The number of aromatic nitrogens is 2. The molecule has 1 aromatic heterocycles. The lowest BCUT2D eigenvalue weighted by atomic mass is 10.1. The number of benzene rings is 2. The van der Waals surface area contributed by atoms with E-state index in [4.69, 9.17) is 14.2 Å². The number of nitrogens with zero attached hydrogens (tertiary/aromatic N) is 1. The van der Waals surface area contributed by atoms with Crippen LogP contribution in [0.4, 0.5) is 0 Å². The molecule has 0 bridgehead atoms. The van der Waals surface area contributed by atoms with Crippen LogP contribution in [0.2, 0.25) is 0 Å². The Balaban J connectivity index is 1.66. The summed E-state index contributed by atoms with van der Waals surface area (Å²) < 4.78 is 15.9. The number of hydrogen-bond donors (Lipinski definition) is 1. The Kier molecular flexibility index (Phi) is 5.93. The Labute approximate surface area is 162 Å². The Bertz CT molecular complexity index is 1020. The van der Waals surface area contributed by atoms with Crippen molar-refractivity contribution in [1.82, 2.24) is 9.97 Å². The van der Waals surface area contributed by atoms with Crippen LogP contribution in [0.25, 0.3) is 10.9 Å². The van der Waals surface area contributed by atoms with E-state index in [2.05, 4.69) is 9.97 Å². The van der Waals surface area contributed by atoms with Crippen molar-refractivity contribution in [3.05, 3.63) is 64.2 Å². The summed E-state index contributed by atoms with van der Waals surface area (Å²) >= 11 is 0. The Morgan fingerprint density at radius 1 is 1.11 bits per heavy atom. The fourth-order valence-corrected chi connectivity index (χ4v) is 2.87. The molecule has 0 aliphatic carbocycles. The highest BCUT2D eigenvalue weighted by Crippen LogP contribution is 2.23. The molecule has 3 aromatic rings. The topological polar surface area (TPSA) is 90.5 Å². The first-order valence-corrected chi connectivity index (χ1v) is 8.90. The molecule has 28 heavy (non-hydrogen) atoms. The van der Waals surface area contributed by atoms with Crippen LogP contribution in [0.1, 0.15) is 30.8 Å². The van der Waals surface area contributed by atoms with Gasteiger partial charge in [0.15, 0.2) is 11.9 Å². The summed E-state index contributed by atoms with van der Waals surface area (Å²) in [5, 5.41) is 0.497. The number of aryl methyl sites for hydroxylation is 1. The lowest BCUT2D eigenvalue weighted by molar-refractivity contribution is -0.148. The number of esters is 1. The number of para-hydroxylation sites is 1. The van der Waals surface area contributed by atoms with E-state index < -0.39 is 6.10 Å². The van der Waals surface area contributed by atoms with Crippen LogP contribution in [0, 0.1) is 0 Å². The minimum absolute atomic E-state index is 0.179. The molecule has 0 spiro atoms. The number of carbonyl (C=O) groups excluding carboxylic acids is 1. The lowest BCUT2D eigenvalue weighted by Gasteiger charge is -2.13. The SMILES string of the molecule is COc1cc(CCC(=O)O[C@@H](C)c2nc3ccccc3c(=O)[nH]2)cc(OC)c1. The number of carbonyl (C=O) groups is 1. The zero-order valence-corrected chi connectivity index (χ0v) is 16.0. The van der Waals surface area contributed by atoms with E-state index in [9.17, 15) is 9.59 Å². The molecule has 0 amide bonds. The van der Waals surface area contributed by atoms with Gasteiger partial charge < -0.3 is 19.2 Å². The summed E-state index contributed by atoms with van der Waals surface area (Å²) in [7, 11) is 3.15. The van der Waals surface area contributed by atoms with E-state index in [1.807, 2.05) is 12.1 Å². The van der Waals surface area contributed by atoms with Crippen LogP contribution in [-0.2, 0) is 16.0 Å². The van der Waals surface area contributed by atoms with Crippen LogP contribution < -0.4 is 15.0 Å². The second-order valence-corrected chi connectivity index (χ2v) is 6.32. The van der Waals surface area contributed by atoms with Crippen molar-refractivity contribution in [1.29, 1.82) is 0 Å². The molecule has 0 radical (unpaired) electrons. The molecule has 146 valence electrons. The van der Waals surface area contributed by atoms with Crippen molar-refractivity contribution in [3.63, 3.8) is 0 Å². The van der Waals surface area contributed by atoms with Crippen molar-refractivity contribution in [2.45, 2.75) is 25.9 Å². The number of hydrogen-bond acceptors (Lipinski definition) is 6. The van der Waals surface area contributed by atoms with E-state index >= 15 is 0 Å². The first-order chi connectivity index (χ1) is 13.5. The van der Waals surface area contributed by atoms with Gasteiger partial charge in [-0.25, -0.2) is 4.98 Å². The molecule has 1 heterocycles. The quantitative estimate of drug-likeness (QED) is 0.631. The van der Waals surface area contributed by atoms with E-state index in [1.54, 1.807) is 51.5 Å². The average molecular weight is 382 g/mol. The average Bonchev–Trinajstić information content (AvgIpc) is 2.71. The standard InChI is InChI=1S/C21H22N2O5/c1-13(20-22-18-7-5-4-6-17(18)21(25)23-20)28-19(24)9-8-14-10-15(26-2)12-16(11-14)27-3/h4-7,10-13H,8-9H2,1-3H3,(H,22,23,25)/t13-/m0/s1. The van der Waals surface area contributed by atoms with Gasteiger partial charge in [-0.3, -0.25) is 9.59 Å². The minimum Gasteiger partial charge on any atom is -0.497 e. The van der Waals surface area contributed by atoms with Crippen molar-refractivity contribution < 1.29 is 19.0 Å². The van der Waals surface area contributed by atoms with Crippen LogP contribution >= 0.6 is 0 Å². The van der Waals surface area contributed by atoms with Gasteiger partial charge >= 0.3 is 5.97 Å². The fourth-order valence-electron chi connectivity index (χ4n) is 2.87. The van der Waals surface area contributed by atoms with Gasteiger partial charge in [0.2, 0.25) is 0 Å². The molecule has 0 saturated heterocycles. The second kappa shape index (κ2) is 8.56. The van der Waals surface area contributed by atoms with Crippen molar-refractivity contribution in [2.24, 2.45) is 0 Å². The molecule has 0 aliphatic rings. The highest BCUT2D eigenvalue weighted by Gasteiger charge is 2.16. The van der Waals surface area contributed by atoms with E-state index in [-0.39, 0.29) is 17.9 Å². The van der Waals surface area contributed by atoms with Crippen LogP contribution in [0.3, 0.4) is 0 Å². The summed E-state index contributed by atoms with van der Waals surface area (Å²) in [6.45, 7) is 1.68. The van der Waals surface area contributed by atoms with Gasteiger partial charge in [-0.05, 0) is 43.2 Å². The third-order valence-corrected chi connectivity index (χ3v) is 4.35. The molecule has 0 saturated carbocycles. The van der Waals surface area contributed by atoms with Crippen molar-refractivity contribution >= 4 is 16.9 Å². The zero-order chi connectivity index (χ0) is 20.1. The van der Waals surface area contributed by atoms with Gasteiger partial charge in [0.05, 0.1) is 25.1 Å². The maximum atomic E-state index is 12.3. The van der Waals surface area contributed by atoms with Crippen LogP contribution in [-0.4, -0.2) is 30.2 Å². The maximum Gasteiger partial charge on any atom is 0.306 e. The summed E-state index contributed by atoms with van der Waals surface area (Å²) in [5.41, 5.74) is 1.21. The van der Waals surface area contributed by atoms with Gasteiger partial charge in [0.1, 0.15) is 11.5 Å². The summed E-state index contributed by atoms with van der Waals surface area (Å²) in [4.78, 5) is 31.5. The molecule has 0 unspecified atom stereocenters. The number of rotatable bonds is 7. The molecule has 1 N–H and O–H groups in total. The molecular weight excluding hydrogens is 360 g/mol. The van der Waals surface area contributed by atoms with E-state index in [1.165, 1.54) is 0 Å². The summed E-state index contributed by atoms with van der Waals surface area (Å²) in [6.07, 6.45) is -0.0103. The number of nitrogens with one attached hydrogen (secondary N) is 1. The third kappa shape index (κ3) is 4.49. The molecule has 7 heteroatoms. The van der Waals surface area contributed by atoms with E-state index in [0.717, 1.165) is 5.56 Å². The van der Waals surface area contributed by atoms with Gasteiger partial charge in [-0.2, -0.15) is 0 Å². The van der Waals surface area contributed by atoms with Crippen LogP contribution in [0.15, 0.2) is 47.3 Å². The van der Waals surface area contributed by atoms with E-state index in [0.29, 0.717) is 34.6 Å². The predicted octanol–water partition coefficient (Wildman–Crippen LogP) is 3.18. The van der Waals surface area contributed by atoms with Gasteiger partial charge in [0, 0.05) is 12.5 Å². The van der Waals surface area contributed by atoms with Gasteiger partial charge in [-0.15, -0.1) is 0 Å². The lowest BCUT2D eigenvalue weighted by Crippen LogP contribution is -2.17. The third-order valence-electron chi connectivity index (χ3n) is 4.35. The fraction of sp³-hybridized carbons (Fsp3) is 0.286. The number of aromatic amines is 1. The maximum absolute atomic E-state index is 12.3. The smallest absolute Gasteiger partial charge is 0.306 e. The first-order valence-electron chi connectivity index (χ1n) is 8.90. The normalized spacial score (nSPS) is 11.8. The van der Waals surface area contributed by atoms with Crippen molar-refractivity contribution in [3.8, 4) is 11.5 Å². The molecular formula is C21H22N2O5. The Hall–Kier alpha value is -3.35. The number of H-pyrrole nitrogens is 1. The number of ether oxygens (including phenoxy) is 3. The van der Waals surface area contributed by atoms with Gasteiger partial charge in [0.25, 0.3) is 5.56 Å². The van der Waals surface area contributed by atoms with Crippen LogP contribution in [0.5, 0.6) is 11.5 Å². The van der Waals surface area contributed by atoms with Crippen molar-refractivity contribution in [2.75, 3.05) is 14.2 Å². The summed E-state index contributed by atoms with van der Waals surface area (Å²) in [5.74, 6) is 1.26. The molecule has 0 aliphatic heterocycles. The predicted molar refractivity (Wildman–Crippen MR) is 105 cm³/mol. The first kappa shape index (κ1) is 19.4. The molecule has 2 aromatic carbocycles. The highest BCUT2D eigenvalue weighted by molar-refractivity contribution is 5.77. The number of methoxy groups -OCH3 is 2. The molecule has 0 fully saturated rings. The minimum atomic E-state index is -0.662. The second-order valence-electron chi connectivity index (χ2n) is 6.32. The monoisotopic (exact) mass is 382 g/mol. The molecule has 1 atom stereocenters. The summed E-state index contributed by atoms with van der Waals surface area (Å²) in [6, 6.07) is 12.5.